The van der Waals surface area contributed by atoms with Crippen LogP contribution in [0.4, 0.5) is 0 Å². The van der Waals surface area contributed by atoms with Gasteiger partial charge in [-0.2, -0.15) is 4.31 Å². The summed E-state index contributed by atoms with van der Waals surface area (Å²) in [6.07, 6.45) is 3.30. The first kappa shape index (κ1) is 14.9. The van der Waals surface area contributed by atoms with Gasteiger partial charge in [-0.3, -0.25) is 0 Å². The van der Waals surface area contributed by atoms with Gasteiger partial charge >= 0.3 is 0 Å². The minimum atomic E-state index is -3.59. The second kappa shape index (κ2) is 5.47. The Hall–Kier alpha value is -0.510. The molecule has 0 aliphatic heterocycles. The number of nitrogens with zero attached hydrogens (tertiary/aromatic N) is 4. The van der Waals surface area contributed by atoms with Gasteiger partial charge in [-0.1, -0.05) is 5.21 Å². The number of hydrogen-bond donors (Lipinski definition) is 1. The summed E-state index contributed by atoms with van der Waals surface area (Å²) in [7, 11) is -0.418. The van der Waals surface area contributed by atoms with Gasteiger partial charge in [0.25, 0.3) is 10.0 Å². The van der Waals surface area contributed by atoms with Crippen molar-refractivity contribution in [3.8, 4) is 0 Å². The number of aromatic nitrogens is 3. The molecule has 0 bridgehead atoms. The molecule has 108 valence electrons. The smallest absolute Gasteiger partial charge is 0.263 e. The van der Waals surface area contributed by atoms with Crippen LogP contribution in [-0.2, 0) is 17.1 Å². The fourth-order valence-electron chi connectivity index (χ4n) is 2.39. The molecular formula is C10H18BrN5O2S. The zero-order valence-electron chi connectivity index (χ0n) is 11.0. The topological polar surface area (TPSA) is 94.1 Å². The zero-order valence-corrected chi connectivity index (χ0v) is 13.4. The maximum absolute atomic E-state index is 12.6. The van der Waals surface area contributed by atoms with Gasteiger partial charge in [-0.25, -0.2) is 13.1 Å². The summed E-state index contributed by atoms with van der Waals surface area (Å²) in [6, 6.07) is 0.184. The predicted molar refractivity (Wildman–Crippen MR) is 73.9 cm³/mol. The van der Waals surface area contributed by atoms with E-state index in [1.54, 1.807) is 14.1 Å². The number of nitrogens with two attached hydrogens (primary N) is 1. The van der Waals surface area contributed by atoms with Crippen molar-refractivity contribution in [1.82, 2.24) is 19.3 Å². The molecule has 0 unspecified atom stereocenters. The number of halogens is 1. The maximum atomic E-state index is 12.6. The molecule has 0 radical (unpaired) electrons. The van der Waals surface area contributed by atoms with Gasteiger partial charge in [0.05, 0.1) is 0 Å². The Morgan fingerprint density at radius 2 is 1.95 bits per heavy atom. The van der Waals surface area contributed by atoms with Gasteiger partial charge in [0.1, 0.15) is 0 Å². The highest BCUT2D eigenvalue weighted by molar-refractivity contribution is 9.10. The van der Waals surface area contributed by atoms with E-state index in [2.05, 4.69) is 26.2 Å². The molecule has 1 aliphatic carbocycles. The Balaban J connectivity index is 2.25. The highest BCUT2D eigenvalue weighted by Gasteiger charge is 2.34. The Bertz CT molecular complexity index is 531. The maximum Gasteiger partial charge on any atom is 0.263 e. The third-order valence-electron chi connectivity index (χ3n) is 3.62. The average molecular weight is 352 g/mol. The van der Waals surface area contributed by atoms with Gasteiger partial charge in [0, 0.05) is 26.2 Å². The summed E-state index contributed by atoms with van der Waals surface area (Å²) in [6.45, 7) is 0. The summed E-state index contributed by atoms with van der Waals surface area (Å²) in [5, 5.41) is 7.53. The van der Waals surface area contributed by atoms with Gasteiger partial charge in [-0.15, -0.1) is 5.10 Å². The molecule has 0 aromatic carbocycles. The number of aryl methyl sites for hydroxylation is 1. The van der Waals surface area contributed by atoms with E-state index in [1.165, 1.54) is 8.99 Å². The highest BCUT2D eigenvalue weighted by Crippen LogP contribution is 2.28. The molecule has 1 saturated carbocycles. The lowest BCUT2D eigenvalue weighted by molar-refractivity contribution is 0.267. The van der Waals surface area contributed by atoms with Crippen molar-refractivity contribution in [3.63, 3.8) is 0 Å². The molecule has 1 fully saturated rings. The third kappa shape index (κ3) is 2.83. The molecule has 9 heteroatoms. The molecule has 1 aromatic rings. The molecule has 2 rings (SSSR count). The van der Waals surface area contributed by atoms with Crippen molar-refractivity contribution >= 4 is 26.0 Å². The van der Waals surface area contributed by atoms with E-state index in [9.17, 15) is 8.42 Å². The van der Waals surface area contributed by atoms with E-state index in [4.69, 9.17) is 5.73 Å². The quantitative estimate of drug-likeness (QED) is 0.853. The lowest BCUT2D eigenvalue weighted by atomic mass is 9.92. The van der Waals surface area contributed by atoms with Crippen LogP contribution < -0.4 is 5.73 Å². The molecule has 0 atom stereocenters. The molecule has 0 saturated heterocycles. The summed E-state index contributed by atoms with van der Waals surface area (Å²) in [4.78, 5) is 0. The minimum Gasteiger partial charge on any atom is -0.328 e. The molecule has 0 spiro atoms. The zero-order chi connectivity index (χ0) is 14.2. The molecule has 19 heavy (non-hydrogen) atoms. The van der Waals surface area contributed by atoms with Crippen LogP contribution in [0.3, 0.4) is 0 Å². The van der Waals surface area contributed by atoms with Crippen LogP contribution in [0, 0.1) is 0 Å². The van der Waals surface area contributed by atoms with Gasteiger partial charge in [0.2, 0.25) is 5.03 Å². The molecule has 1 heterocycles. The Morgan fingerprint density at radius 1 is 1.37 bits per heavy atom. The second-order valence-electron chi connectivity index (χ2n) is 4.90. The van der Waals surface area contributed by atoms with E-state index in [0.717, 1.165) is 25.7 Å². The number of sulfonamides is 1. The SMILES string of the molecule is CN(C1CCC(N)CC1)S(=O)(=O)c1c(Br)nnn1C. The second-order valence-corrected chi connectivity index (χ2v) is 7.56. The van der Waals surface area contributed by atoms with Crippen LogP contribution in [-0.4, -0.2) is 46.8 Å². The molecular weight excluding hydrogens is 334 g/mol. The van der Waals surface area contributed by atoms with Gasteiger partial charge in [0.15, 0.2) is 4.60 Å². The first-order valence-electron chi connectivity index (χ1n) is 6.13. The number of rotatable bonds is 3. The van der Waals surface area contributed by atoms with Crippen LogP contribution in [0.5, 0.6) is 0 Å². The fourth-order valence-corrected chi connectivity index (χ4v) is 4.84. The Labute approximate surface area is 121 Å². The van der Waals surface area contributed by atoms with E-state index in [0.29, 0.717) is 0 Å². The summed E-state index contributed by atoms with van der Waals surface area (Å²) >= 11 is 3.13. The van der Waals surface area contributed by atoms with Gasteiger partial charge < -0.3 is 5.73 Å². The monoisotopic (exact) mass is 351 g/mol. The van der Waals surface area contributed by atoms with Gasteiger partial charge in [-0.05, 0) is 41.6 Å². The van der Waals surface area contributed by atoms with Crippen LogP contribution in [0.25, 0.3) is 0 Å². The predicted octanol–water partition coefficient (Wildman–Crippen LogP) is 0.468. The Kier molecular flexibility index (Phi) is 4.29. The Morgan fingerprint density at radius 3 is 2.42 bits per heavy atom. The summed E-state index contributed by atoms with van der Waals surface area (Å²) in [5.41, 5.74) is 5.85. The van der Waals surface area contributed by atoms with E-state index < -0.39 is 10.0 Å². The first-order chi connectivity index (χ1) is 8.84. The number of hydrogen-bond acceptors (Lipinski definition) is 5. The summed E-state index contributed by atoms with van der Waals surface area (Å²) < 4.78 is 28.1. The third-order valence-corrected chi connectivity index (χ3v) is 6.42. The standard InChI is InChI=1S/C10H18BrN5O2S/c1-15-10(9(11)13-14-15)19(17,18)16(2)8-5-3-7(12)4-6-8/h7-8H,3-6,12H2,1-2H3. The van der Waals surface area contributed by atoms with Crippen molar-refractivity contribution in [3.05, 3.63) is 4.60 Å². The largest absolute Gasteiger partial charge is 0.328 e. The fraction of sp³-hybridized carbons (Fsp3) is 0.800. The van der Waals surface area contributed by atoms with Crippen molar-refractivity contribution in [2.45, 2.75) is 42.8 Å². The van der Waals surface area contributed by atoms with Crippen LogP contribution in [0.1, 0.15) is 25.7 Å². The molecule has 7 nitrogen and oxygen atoms in total. The molecule has 2 N–H and O–H groups in total. The molecule has 0 amide bonds. The highest BCUT2D eigenvalue weighted by atomic mass is 79.9. The van der Waals surface area contributed by atoms with Crippen molar-refractivity contribution in [1.29, 1.82) is 0 Å². The van der Waals surface area contributed by atoms with E-state index in [1.807, 2.05) is 0 Å². The van der Waals surface area contributed by atoms with E-state index >= 15 is 0 Å². The van der Waals surface area contributed by atoms with Crippen molar-refractivity contribution < 1.29 is 8.42 Å². The normalized spacial score (nSPS) is 24.9. The first-order valence-corrected chi connectivity index (χ1v) is 8.36. The summed E-state index contributed by atoms with van der Waals surface area (Å²) in [5.74, 6) is 0. The lowest BCUT2D eigenvalue weighted by Gasteiger charge is -2.32. The van der Waals surface area contributed by atoms with E-state index in [-0.39, 0.29) is 21.7 Å². The average Bonchev–Trinajstić information content (AvgIpc) is 2.69. The lowest BCUT2D eigenvalue weighted by Crippen LogP contribution is -2.42. The molecule has 1 aliphatic rings. The van der Waals surface area contributed by atoms with Crippen molar-refractivity contribution in [2.24, 2.45) is 12.8 Å². The van der Waals surface area contributed by atoms with Crippen molar-refractivity contribution in [2.75, 3.05) is 7.05 Å². The van der Waals surface area contributed by atoms with Crippen LogP contribution in [0.15, 0.2) is 9.63 Å². The van der Waals surface area contributed by atoms with Crippen LogP contribution in [0.2, 0.25) is 0 Å². The van der Waals surface area contributed by atoms with Crippen LogP contribution >= 0.6 is 15.9 Å². The minimum absolute atomic E-state index is 0.00778. The molecule has 1 aromatic heterocycles.